The van der Waals surface area contributed by atoms with Gasteiger partial charge in [-0.3, -0.25) is 0 Å². The molecule has 2 nitrogen and oxygen atoms in total. The summed E-state index contributed by atoms with van der Waals surface area (Å²) >= 11 is 0. The number of nitrogens with two attached hydrogens (primary N) is 1. The second-order valence-corrected chi connectivity index (χ2v) is 2.95. The summed E-state index contributed by atoms with van der Waals surface area (Å²) in [5.41, 5.74) is 5.27. The Morgan fingerprint density at radius 3 is 2.70 bits per heavy atom. The molecule has 1 rings (SSSR count). The van der Waals surface area contributed by atoms with Crippen molar-refractivity contribution in [1.82, 2.24) is 0 Å². The van der Waals surface area contributed by atoms with E-state index in [-0.39, 0.29) is 0 Å². The molecule has 0 aromatic carbocycles. The van der Waals surface area contributed by atoms with Crippen molar-refractivity contribution in [1.29, 1.82) is 0 Å². The monoisotopic (exact) mass is 141 g/mol. The van der Waals surface area contributed by atoms with E-state index in [1.807, 2.05) is 0 Å². The van der Waals surface area contributed by atoms with Gasteiger partial charge < -0.3 is 10.5 Å². The minimum Gasteiger partial charge on any atom is -0.477 e. The summed E-state index contributed by atoms with van der Waals surface area (Å²) < 4.78 is 5.20. The average Bonchev–Trinajstić information content (AvgIpc) is 1.76. The third-order valence-corrected chi connectivity index (χ3v) is 2.09. The van der Waals surface area contributed by atoms with Gasteiger partial charge in [0.1, 0.15) is 6.10 Å². The molecule has 2 heteroatoms. The van der Waals surface area contributed by atoms with Crippen molar-refractivity contribution in [3.05, 3.63) is 12.5 Å². The van der Waals surface area contributed by atoms with Gasteiger partial charge in [0.15, 0.2) is 5.88 Å². The molecule has 58 valence electrons. The molecular weight excluding hydrogens is 126 g/mol. The maximum atomic E-state index is 5.27. The number of hydrogen-bond donors (Lipinski definition) is 1. The summed E-state index contributed by atoms with van der Waals surface area (Å²) in [5, 5.41) is 0. The second-order valence-electron chi connectivity index (χ2n) is 2.95. The van der Waals surface area contributed by atoms with Gasteiger partial charge in [-0.2, -0.15) is 0 Å². The van der Waals surface area contributed by atoms with Crippen LogP contribution in [-0.2, 0) is 4.74 Å². The Balaban J connectivity index is 2.08. The SMILES string of the molecule is C=C(N)OC1CC(CC)C1. The van der Waals surface area contributed by atoms with Crippen LogP contribution >= 0.6 is 0 Å². The second kappa shape index (κ2) is 2.95. The molecule has 0 radical (unpaired) electrons. The predicted octanol–water partition coefficient (Wildman–Crippen LogP) is 1.62. The Labute approximate surface area is 62.1 Å². The van der Waals surface area contributed by atoms with Gasteiger partial charge in [-0.25, -0.2) is 0 Å². The van der Waals surface area contributed by atoms with Gasteiger partial charge in [-0.1, -0.05) is 13.3 Å². The molecule has 0 atom stereocenters. The maximum absolute atomic E-state index is 5.27. The van der Waals surface area contributed by atoms with E-state index in [0.717, 1.165) is 18.8 Å². The Bertz CT molecular complexity index is 127. The highest BCUT2D eigenvalue weighted by Gasteiger charge is 2.28. The maximum Gasteiger partial charge on any atom is 0.176 e. The van der Waals surface area contributed by atoms with Crippen molar-refractivity contribution >= 4 is 0 Å². The molecule has 0 aliphatic heterocycles. The summed E-state index contributed by atoms with van der Waals surface area (Å²) in [6.07, 6.45) is 3.94. The Kier molecular flexibility index (Phi) is 2.20. The van der Waals surface area contributed by atoms with Crippen LogP contribution < -0.4 is 5.73 Å². The van der Waals surface area contributed by atoms with Gasteiger partial charge in [-0.05, 0) is 25.3 Å². The molecule has 10 heavy (non-hydrogen) atoms. The molecular formula is C8H15NO. The van der Waals surface area contributed by atoms with E-state index in [1.54, 1.807) is 0 Å². The third-order valence-electron chi connectivity index (χ3n) is 2.09. The Hall–Kier alpha value is -0.660. The zero-order valence-electron chi connectivity index (χ0n) is 6.47. The fourth-order valence-corrected chi connectivity index (χ4v) is 1.32. The first-order valence-electron chi connectivity index (χ1n) is 3.83. The lowest BCUT2D eigenvalue weighted by Crippen LogP contribution is -2.31. The molecule has 2 N–H and O–H groups in total. The summed E-state index contributed by atoms with van der Waals surface area (Å²) in [7, 11) is 0. The topological polar surface area (TPSA) is 35.2 Å². The van der Waals surface area contributed by atoms with Gasteiger partial charge in [0.25, 0.3) is 0 Å². The highest BCUT2D eigenvalue weighted by molar-refractivity contribution is 4.84. The van der Waals surface area contributed by atoms with Crippen molar-refractivity contribution < 1.29 is 4.74 Å². The fraction of sp³-hybridized carbons (Fsp3) is 0.750. The van der Waals surface area contributed by atoms with Crippen molar-refractivity contribution in [2.75, 3.05) is 0 Å². The van der Waals surface area contributed by atoms with Gasteiger partial charge in [0.05, 0.1) is 0 Å². The van der Waals surface area contributed by atoms with Crippen molar-refractivity contribution in [2.24, 2.45) is 11.7 Å². The van der Waals surface area contributed by atoms with Crippen molar-refractivity contribution in [2.45, 2.75) is 32.3 Å². The van der Waals surface area contributed by atoms with E-state index in [9.17, 15) is 0 Å². The summed E-state index contributed by atoms with van der Waals surface area (Å²) in [6, 6.07) is 0. The van der Waals surface area contributed by atoms with Gasteiger partial charge in [0, 0.05) is 0 Å². The minimum atomic E-state index is 0.361. The van der Waals surface area contributed by atoms with E-state index in [1.165, 1.54) is 6.42 Å². The zero-order valence-corrected chi connectivity index (χ0v) is 6.47. The van der Waals surface area contributed by atoms with Crippen molar-refractivity contribution in [3.8, 4) is 0 Å². The van der Waals surface area contributed by atoms with Crippen LogP contribution in [0, 0.1) is 5.92 Å². The predicted molar refractivity (Wildman–Crippen MR) is 41.2 cm³/mol. The lowest BCUT2D eigenvalue weighted by Gasteiger charge is -2.34. The summed E-state index contributed by atoms with van der Waals surface area (Å²) in [5.74, 6) is 1.23. The quantitative estimate of drug-likeness (QED) is 0.606. The van der Waals surface area contributed by atoms with Crippen molar-refractivity contribution in [3.63, 3.8) is 0 Å². The number of ether oxygens (including phenoxy) is 1. The van der Waals surface area contributed by atoms with E-state index < -0.39 is 0 Å². The first-order chi connectivity index (χ1) is 4.72. The number of hydrogen-bond acceptors (Lipinski definition) is 2. The van der Waals surface area contributed by atoms with Crippen LogP contribution in [0.2, 0.25) is 0 Å². The largest absolute Gasteiger partial charge is 0.477 e. The lowest BCUT2D eigenvalue weighted by molar-refractivity contribution is 0.00904. The average molecular weight is 141 g/mol. The normalized spacial score (nSPS) is 30.9. The molecule has 0 unspecified atom stereocenters. The van der Waals surface area contributed by atoms with E-state index in [2.05, 4.69) is 13.5 Å². The van der Waals surface area contributed by atoms with Crippen LogP contribution in [0.5, 0.6) is 0 Å². The minimum absolute atomic E-state index is 0.361. The number of rotatable bonds is 3. The highest BCUT2D eigenvalue weighted by Crippen LogP contribution is 2.32. The smallest absolute Gasteiger partial charge is 0.176 e. The molecule has 1 aliphatic rings. The first-order valence-corrected chi connectivity index (χ1v) is 3.83. The Morgan fingerprint density at radius 2 is 2.30 bits per heavy atom. The van der Waals surface area contributed by atoms with Crippen LogP contribution in [0.3, 0.4) is 0 Å². The lowest BCUT2D eigenvalue weighted by atomic mass is 9.81. The van der Waals surface area contributed by atoms with E-state index >= 15 is 0 Å². The van der Waals surface area contributed by atoms with Gasteiger partial charge in [0.2, 0.25) is 0 Å². The van der Waals surface area contributed by atoms with Crippen LogP contribution in [0.25, 0.3) is 0 Å². The van der Waals surface area contributed by atoms with Crippen LogP contribution in [0.1, 0.15) is 26.2 Å². The van der Waals surface area contributed by atoms with E-state index in [0.29, 0.717) is 12.0 Å². The molecule has 0 saturated heterocycles. The molecule has 0 aromatic heterocycles. The third kappa shape index (κ3) is 1.66. The van der Waals surface area contributed by atoms with Gasteiger partial charge >= 0.3 is 0 Å². The molecule has 0 amide bonds. The summed E-state index contributed by atoms with van der Waals surface area (Å²) in [6.45, 7) is 5.69. The first kappa shape index (κ1) is 7.45. The van der Waals surface area contributed by atoms with Crippen LogP contribution in [-0.4, -0.2) is 6.10 Å². The van der Waals surface area contributed by atoms with Gasteiger partial charge in [-0.15, -0.1) is 0 Å². The molecule has 0 bridgehead atoms. The molecule has 1 aliphatic carbocycles. The summed E-state index contributed by atoms with van der Waals surface area (Å²) in [4.78, 5) is 0. The molecule has 0 spiro atoms. The molecule has 1 saturated carbocycles. The van der Waals surface area contributed by atoms with Crippen LogP contribution in [0.4, 0.5) is 0 Å². The fourth-order valence-electron chi connectivity index (χ4n) is 1.32. The van der Waals surface area contributed by atoms with Crippen LogP contribution in [0.15, 0.2) is 12.5 Å². The molecule has 1 fully saturated rings. The zero-order chi connectivity index (χ0) is 7.56. The highest BCUT2D eigenvalue weighted by atomic mass is 16.5. The molecule has 0 heterocycles. The molecule has 0 aromatic rings. The standard InChI is InChI=1S/C8H15NO/c1-3-7-4-8(5-7)10-6(2)9/h7-8H,2-5,9H2,1H3. The van der Waals surface area contributed by atoms with E-state index in [4.69, 9.17) is 10.5 Å². The Morgan fingerprint density at radius 1 is 1.70 bits per heavy atom.